The van der Waals surface area contributed by atoms with Gasteiger partial charge in [-0.3, -0.25) is 10.1 Å². The average molecular weight is 254 g/mol. The zero-order chi connectivity index (χ0) is 13.6. The Hall–Kier alpha value is -1.79. The van der Waals surface area contributed by atoms with Crippen molar-refractivity contribution >= 4 is 18.0 Å². The topological polar surface area (TPSA) is 90.5 Å². The summed E-state index contributed by atoms with van der Waals surface area (Å²) >= 11 is 0. The molecule has 2 fully saturated rings. The van der Waals surface area contributed by atoms with E-state index >= 15 is 0 Å². The molecular formula is C11H18N4O3. The van der Waals surface area contributed by atoms with Gasteiger partial charge in [0.1, 0.15) is 5.54 Å². The van der Waals surface area contributed by atoms with Gasteiger partial charge in [0.2, 0.25) is 0 Å². The molecule has 2 saturated heterocycles. The van der Waals surface area contributed by atoms with Gasteiger partial charge in [0.05, 0.1) is 6.54 Å². The third-order valence-electron chi connectivity index (χ3n) is 3.05. The lowest BCUT2D eigenvalue weighted by molar-refractivity contribution is -0.123. The van der Waals surface area contributed by atoms with Gasteiger partial charge in [-0.25, -0.2) is 9.59 Å². The number of imide groups is 1. The predicted molar refractivity (Wildman–Crippen MR) is 63.9 cm³/mol. The molecule has 3 N–H and O–H groups in total. The molecule has 0 bridgehead atoms. The summed E-state index contributed by atoms with van der Waals surface area (Å²) in [6.07, 6.45) is 0.447. The van der Waals surface area contributed by atoms with Crippen molar-refractivity contribution in [3.05, 3.63) is 0 Å². The second-order valence-corrected chi connectivity index (χ2v) is 5.84. The van der Waals surface area contributed by atoms with E-state index in [0.29, 0.717) is 13.0 Å². The van der Waals surface area contributed by atoms with Gasteiger partial charge >= 0.3 is 12.1 Å². The lowest BCUT2D eigenvalue weighted by Gasteiger charge is -2.26. The van der Waals surface area contributed by atoms with Gasteiger partial charge in [0.15, 0.2) is 0 Å². The Morgan fingerprint density at radius 2 is 2.06 bits per heavy atom. The highest BCUT2D eigenvalue weighted by atomic mass is 16.2. The van der Waals surface area contributed by atoms with Gasteiger partial charge in [-0.2, -0.15) is 0 Å². The standard InChI is InChI=1S/C11H18N4O3/c1-10(2,3)14-9(18)15-5-4-11(6-15)7(16)12-8(17)13-11/h4-6H2,1-3H3,(H,14,18)(H2,12,13,16,17). The largest absolute Gasteiger partial charge is 0.333 e. The Morgan fingerprint density at radius 1 is 1.39 bits per heavy atom. The first-order valence-electron chi connectivity index (χ1n) is 5.93. The maximum atomic E-state index is 12.0. The molecule has 0 saturated carbocycles. The van der Waals surface area contributed by atoms with Gasteiger partial charge in [0.25, 0.3) is 5.91 Å². The Kier molecular flexibility index (Phi) is 2.71. The first-order valence-corrected chi connectivity index (χ1v) is 5.93. The van der Waals surface area contributed by atoms with Gasteiger partial charge in [-0.1, -0.05) is 0 Å². The van der Waals surface area contributed by atoms with E-state index in [9.17, 15) is 14.4 Å². The van der Waals surface area contributed by atoms with E-state index in [2.05, 4.69) is 16.0 Å². The van der Waals surface area contributed by atoms with Crippen LogP contribution in [0.4, 0.5) is 9.59 Å². The Morgan fingerprint density at radius 3 is 2.56 bits per heavy atom. The van der Waals surface area contributed by atoms with Crippen LogP contribution >= 0.6 is 0 Å². The minimum Gasteiger partial charge on any atom is -0.333 e. The maximum Gasteiger partial charge on any atom is 0.322 e. The van der Waals surface area contributed by atoms with E-state index in [0.717, 1.165) is 0 Å². The van der Waals surface area contributed by atoms with Gasteiger partial charge < -0.3 is 15.5 Å². The lowest BCUT2D eigenvalue weighted by Crippen LogP contribution is -2.52. The van der Waals surface area contributed by atoms with Crippen LogP contribution in [0.2, 0.25) is 0 Å². The summed E-state index contributed by atoms with van der Waals surface area (Å²) in [5.74, 6) is -0.349. The van der Waals surface area contributed by atoms with Crippen LogP contribution in [0.15, 0.2) is 0 Å². The average Bonchev–Trinajstić information content (AvgIpc) is 2.70. The van der Waals surface area contributed by atoms with Crippen molar-refractivity contribution in [1.29, 1.82) is 0 Å². The van der Waals surface area contributed by atoms with E-state index in [1.165, 1.54) is 0 Å². The van der Waals surface area contributed by atoms with Crippen molar-refractivity contribution in [3.8, 4) is 0 Å². The maximum absolute atomic E-state index is 12.0. The quantitative estimate of drug-likeness (QED) is 0.522. The molecule has 1 unspecified atom stereocenters. The second kappa shape index (κ2) is 3.86. The molecule has 7 heteroatoms. The van der Waals surface area contributed by atoms with Gasteiger partial charge in [-0.05, 0) is 27.2 Å². The number of urea groups is 2. The first-order chi connectivity index (χ1) is 8.22. The van der Waals surface area contributed by atoms with E-state index in [1.807, 2.05) is 20.8 Å². The monoisotopic (exact) mass is 254 g/mol. The molecule has 2 aliphatic heterocycles. The van der Waals surface area contributed by atoms with Crippen LogP contribution in [0, 0.1) is 0 Å². The summed E-state index contributed by atoms with van der Waals surface area (Å²) in [5, 5.41) is 7.65. The molecule has 0 aromatic heterocycles. The highest BCUT2D eigenvalue weighted by Gasteiger charge is 2.51. The molecule has 0 aliphatic carbocycles. The summed E-state index contributed by atoms with van der Waals surface area (Å²) < 4.78 is 0. The molecule has 2 heterocycles. The third kappa shape index (κ3) is 2.25. The Balaban J connectivity index is 2.03. The van der Waals surface area contributed by atoms with Gasteiger partial charge in [-0.15, -0.1) is 0 Å². The molecule has 0 radical (unpaired) electrons. The smallest absolute Gasteiger partial charge is 0.322 e. The number of carbonyl (C=O) groups excluding carboxylic acids is 3. The number of rotatable bonds is 0. The SMILES string of the molecule is CC(C)(C)NC(=O)N1CCC2(C1)NC(=O)NC2=O. The number of nitrogens with one attached hydrogen (secondary N) is 3. The molecule has 18 heavy (non-hydrogen) atoms. The van der Waals surface area contributed by atoms with Crippen molar-refractivity contribution in [2.75, 3.05) is 13.1 Å². The van der Waals surface area contributed by atoms with Crippen molar-refractivity contribution in [2.45, 2.75) is 38.3 Å². The fraction of sp³-hybridized carbons (Fsp3) is 0.727. The highest BCUT2D eigenvalue weighted by Crippen LogP contribution is 2.24. The fourth-order valence-corrected chi connectivity index (χ4v) is 2.20. The first kappa shape index (κ1) is 12.7. The molecule has 0 aromatic rings. The summed E-state index contributed by atoms with van der Waals surface area (Å²) in [7, 11) is 0. The van der Waals surface area contributed by atoms with E-state index in [-0.39, 0.29) is 24.0 Å². The molecule has 0 aromatic carbocycles. The van der Waals surface area contributed by atoms with E-state index in [1.54, 1.807) is 4.90 Å². The van der Waals surface area contributed by atoms with Crippen LogP contribution in [0.5, 0.6) is 0 Å². The number of hydrogen-bond donors (Lipinski definition) is 3. The summed E-state index contributed by atoms with van der Waals surface area (Å²) in [4.78, 5) is 36.4. The van der Waals surface area contributed by atoms with Crippen molar-refractivity contribution in [1.82, 2.24) is 20.9 Å². The Bertz CT molecular complexity index is 415. The van der Waals surface area contributed by atoms with E-state index < -0.39 is 11.6 Å². The van der Waals surface area contributed by atoms with Crippen LogP contribution in [0.25, 0.3) is 0 Å². The Labute approximate surface area is 105 Å². The van der Waals surface area contributed by atoms with Crippen LogP contribution in [0.3, 0.4) is 0 Å². The van der Waals surface area contributed by atoms with Crippen molar-refractivity contribution in [3.63, 3.8) is 0 Å². The molecule has 7 nitrogen and oxygen atoms in total. The van der Waals surface area contributed by atoms with Crippen LogP contribution in [0.1, 0.15) is 27.2 Å². The number of carbonyl (C=O) groups is 3. The molecule has 1 atom stereocenters. The molecule has 100 valence electrons. The fourth-order valence-electron chi connectivity index (χ4n) is 2.20. The third-order valence-corrected chi connectivity index (χ3v) is 3.05. The number of amides is 5. The highest BCUT2D eigenvalue weighted by molar-refractivity contribution is 6.07. The number of likely N-dealkylation sites (tertiary alicyclic amines) is 1. The number of hydrogen-bond acceptors (Lipinski definition) is 3. The summed E-state index contributed by atoms with van der Waals surface area (Å²) in [5.41, 5.74) is -1.26. The van der Waals surface area contributed by atoms with Crippen molar-refractivity contribution in [2.24, 2.45) is 0 Å². The molecule has 1 spiro atoms. The van der Waals surface area contributed by atoms with E-state index in [4.69, 9.17) is 0 Å². The van der Waals surface area contributed by atoms with Crippen LogP contribution < -0.4 is 16.0 Å². The minimum atomic E-state index is -0.938. The number of nitrogens with zero attached hydrogens (tertiary/aromatic N) is 1. The lowest BCUT2D eigenvalue weighted by atomic mass is 10.00. The molecule has 5 amide bonds. The zero-order valence-corrected chi connectivity index (χ0v) is 10.8. The zero-order valence-electron chi connectivity index (χ0n) is 10.8. The predicted octanol–water partition coefficient (Wildman–Crippen LogP) is -0.222. The second-order valence-electron chi connectivity index (χ2n) is 5.84. The summed E-state index contributed by atoms with van der Waals surface area (Å²) in [6.45, 7) is 6.34. The van der Waals surface area contributed by atoms with Crippen LogP contribution in [-0.4, -0.2) is 47.0 Å². The van der Waals surface area contributed by atoms with Gasteiger partial charge in [0, 0.05) is 12.1 Å². The van der Waals surface area contributed by atoms with Crippen molar-refractivity contribution < 1.29 is 14.4 Å². The molecular weight excluding hydrogens is 236 g/mol. The minimum absolute atomic E-state index is 0.215. The normalized spacial score (nSPS) is 27.4. The van der Waals surface area contributed by atoms with Crippen LogP contribution in [-0.2, 0) is 4.79 Å². The molecule has 2 rings (SSSR count). The summed E-state index contributed by atoms with van der Waals surface area (Å²) in [6, 6.07) is -0.702. The molecule has 2 aliphatic rings.